The van der Waals surface area contributed by atoms with Gasteiger partial charge in [0.15, 0.2) is 17.5 Å². The number of aromatic nitrogens is 9. The maximum absolute atomic E-state index is 10.4. The molecule has 10 N–H and O–H groups in total. The summed E-state index contributed by atoms with van der Waals surface area (Å²) in [7, 11) is 6.48. The molecule has 0 amide bonds. The quantitative estimate of drug-likeness (QED) is 0.0147. The monoisotopic (exact) mass is 1370 g/mol. The molecule has 0 unspecified atom stereocenters. The molecule has 520 valence electrons. The maximum atomic E-state index is 10.4. The molecule has 6 heterocycles. The summed E-state index contributed by atoms with van der Waals surface area (Å²) in [5.74, 6) is 6.83. The minimum Gasteiger partial charge on any atom is -0.855 e. The first-order valence-corrected chi connectivity index (χ1v) is 31.5. The molecule has 0 saturated heterocycles. The van der Waals surface area contributed by atoms with E-state index in [1.165, 1.54) is 0 Å². The van der Waals surface area contributed by atoms with Crippen molar-refractivity contribution in [1.82, 2.24) is 44.9 Å². The molecule has 0 radical (unpaired) electrons. The molecule has 0 saturated carbocycles. The van der Waals surface area contributed by atoms with Gasteiger partial charge in [-0.15, -0.1) is 6.61 Å². The second-order valence-corrected chi connectivity index (χ2v) is 21.1. The molecule has 96 heavy (non-hydrogen) atoms. The zero-order valence-corrected chi connectivity index (χ0v) is 59.2. The first-order valence-electron chi connectivity index (χ1n) is 31.2. The molecule has 26 nitrogen and oxygen atoms in total. The number of methoxy groups -OCH3 is 4. The van der Waals surface area contributed by atoms with Crippen LogP contribution in [0.2, 0.25) is 5.02 Å². The third-order valence-corrected chi connectivity index (χ3v) is 13.8. The molecule has 0 fully saturated rings. The molecular formula is C65H90ClF3N15NaO11. The molecule has 8 aromatic rings. The number of unbranched alkanes of at least 4 members (excludes halogenated alkanes) is 3. The standard InChI is InChI=1S/C24H33N5O4.C22H28ClN5O3.C15H23N5O2.C2HF3O.C2H5O.Na/c1-5-7-8-17(15-30)27-23-22-20(11-19(14-25-22)33-6-2)28-24(29-23)26-13-16-9-10-18(31-3)12-21(16)32-4;1-4-5-6-16(13-29)26-21-20-18(9-15(23)12-24-20)27-22(28-21)25-11-14-7-8-17(30-2)10-19(14)31-3;1-3-5-6-10(9-21)18-14-13-12(19-15(16)20-14)7-11(8-17-13)22-4-2;3-2(4,5)1-6;1-2-3;/h9-12,14,17,30H,5-8,13,15H2,1-4H3,(H2,26,27,28,29);7-10,12,16,29H,4-6,11,13H2,1-3H3,(H2,25,26,27,28);7-8,10,21H,3-6,9H2,1-2H3,(H3,16,18,19,20);1H;2H2,1H3;/q;;;;-1;+1/t17-;16-;10-;;;/m111.../s1. The summed E-state index contributed by atoms with van der Waals surface area (Å²) in [6.07, 6.45) is 7.89. The minimum absolute atomic E-state index is 0. The van der Waals surface area contributed by atoms with Crippen LogP contribution in [0.15, 0.2) is 73.2 Å². The number of aliphatic hydroxyl groups excluding tert-OH is 3. The zero-order chi connectivity index (χ0) is 69.7. The van der Waals surface area contributed by atoms with Crippen LogP contribution in [0.25, 0.3) is 33.1 Å². The van der Waals surface area contributed by atoms with Gasteiger partial charge in [-0.1, -0.05) is 77.8 Å². The van der Waals surface area contributed by atoms with E-state index in [2.05, 4.69) is 92.2 Å². The minimum atomic E-state index is -4.64. The van der Waals surface area contributed by atoms with Gasteiger partial charge in [-0.3, -0.25) is 4.79 Å². The number of benzene rings is 2. The average molecular weight is 1370 g/mol. The van der Waals surface area contributed by atoms with Crippen LogP contribution in [-0.2, 0) is 17.9 Å². The SMILES string of the molecule is CCCC[C@H](CO)Nc1nc(N)nc2cc(OCC)cnc12.CCCC[C@H](CO)Nc1nc(NCc2ccc(OC)cc2OC)nc2cc(Cl)cnc12.CCCC[C@H](CO)Nc1nc(NCc2ccc(OC)cc2OC)nc2cc(OCC)cnc12.CC[O-].O=CC(F)(F)F.[Na+]. The molecule has 0 aliphatic carbocycles. The summed E-state index contributed by atoms with van der Waals surface area (Å²) in [5, 5.41) is 54.9. The topological polar surface area (TPSA) is 358 Å². The average Bonchev–Trinajstić information content (AvgIpc) is 0.826. The van der Waals surface area contributed by atoms with Gasteiger partial charge in [0.2, 0.25) is 24.1 Å². The number of fused-ring (bicyclic) bond motifs is 3. The molecular weight excluding hydrogens is 1280 g/mol. The van der Waals surface area contributed by atoms with E-state index in [-0.39, 0.29) is 80.1 Å². The Bertz CT molecular complexity index is 3580. The predicted molar refractivity (Wildman–Crippen MR) is 362 cm³/mol. The van der Waals surface area contributed by atoms with Crippen molar-refractivity contribution < 1.29 is 96.4 Å². The van der Waals surface area contributed by atoms with Gasteiger partial charge in [0.25, 0.3) is 0 Å². The number of ether oxygens (including phenoxy) is 6. The Morgan fingerprint density at radius 2 is 0.917 bits per heavy atom. The van der Waals surface area contributed by atoms with Crippen LogP contribution < -0.4 is 95.4 Å². The Labute approximate surface area is 585 Å². The molecule has 31 heteroatoms. The van der Waals surface area contributed by atoms with Gasteiger partial charge in [0, 0.05) is 54.7 Å². The van der Waals surface area contributed by atoms with Crippen molar-refractivity contribution in [3.63, 3.8) is 0 Å². The van der Waals surface area contributed by atoms with Gasteiger partial charge >= 0.3 is 35.7 Å². The smallest absolute Gasteiger partial charge is 0.855 e. The van der Waals surface area contributed by atoms with E-state index in [4.69, 9.17) is 55.7 Å². The van der Waals surface area contributed by atoms with Crippen molar-refractivity contribution in [2.24, 2.45) is 0 Å². The fourth-order valence-electron chi connectivity index (χ4n) is 8.87. The second-order valence-electron chi connectivity index (χ2n) is 20.7. The van der Waals surface area contributed by atoms with E-state index in [1.807, 2.05) is 56.3 Å². The zero-order valence-electron chi connectivity index (χ0n) is 56.5. The number of aliphatic hydroxyl groups is 3. The van der Waals surface area contributed by atoms with Crippen LogP contribution in [-0.4, -0.2) is 159 Å². The molecule has 3 atom stereocenters. The van der Waals surface area contributed by atoms with Crippen LogP contribution in [0.5, 0.6) is 34.5 Å². The molecule has 0 aliphatic heterocycles. The van der Waals surface area contributed by atoms with Gasteiger partial charge in [0.05, 0.1) is 103 Å². The number of hydrogen-bond acceptors (Lipinski definition) is 26. The van der Waals surface area contributed by atoms with Gasteiger partial charge in [-0.2, -0.15) is 28.1 Å². The van der Waals surface area contributed by atoms with Crippen molar-refractivity contribution in [3.8, 4) is 34.5 Å². The largest absolute Gasteiger partial charge is 1.00 e. The number of rotatable bonds is 32. The van der Waals surface area contributed by atoms with Crippen LogP contribution in [0, 0.1) is 0 Å². The fourth-order valence-corrected chi connectivity index (χ4v) is 9.02. The Morgan fingerprint density at radius 3 is 1.26 bits per heavy atom. The number of aldehydes is 1. The molecule has 0 spiro atoms. The van der Waals surface area contributed by atoms with Crippen LogP contribution >= 0.6 is 11.6 Å². The van der Waals surface area contributed by atoms with E-state index in [9.17, 15) is 28.5 Å². The number of carbonyl (C=O) groups excluding carboxylic acids is 1. The Hall–Kier alpha value is -7.90. The number of nitrogen functional groups attached to an aromatic ring is 1. The van der Waals surface area contributed by atoms with Crippen molar-refractivity contribution in [2.45, 2.75) is 137 Å². The maximum Gasteiger partial charge on any atom is 1.00 e. The third kappa shape index (κ3) is 27.7. The second kappa shape index (κ2) is 44.8. The Morgan fingerprint density at radius 1 is 0.552 bits per heavy atom. The first kappa shape index (κ1) is 82.3. The van der Waals surface area contributed by atoms with Gasteiger partial charge < -0.3 is 81.2 Å². The molecule has 8 rings (SSSR count). The van der Waals surface area contributed by atoms with Gasteiger partial charge in [0.1, 0.15) is 62.1 Å². The molecule has 0 aliphatic rings. The van der Waals surface area contributed by atoms with E-state index in [0.29, 0.717) is 117 Å². The van der Waals surface area contributed by atoms with Crippen molar-refractivity contribution in [1.29, 1.82) is 0 Å². The van der Waals surface area contributed by atoms with Crippen LogP contribution in [0.4, 0.5) is 48.5 Å². The van der Waals surface area contributed by atoms with E-state index < -0.39 is 12.5 Å². The number of nitrogens with two attached hydrogens (primary N) is 1. The third-order valence-electron chi connectivity index (χ3n) is 13.6. The summed E-state index contributed by atoms with van der Waals surface area (Å²) in [5.41, 5.74) is 11.4. The van der Waals surface area contributed by atoms with E-state index in [1.54, 1.807) is 66.1 Å². The summed E-state index contributed by atoms with van der Waals surface area (Å²) < 4.78 is 63.7. The van der Waals surface area contributed by atoms with Crippen LogP contribution in [0.1, 0.15) is 110 Å². The van der Waals surface area contributed by atoms with E-state index in [0.717, 1.165) is 80.4 Å². The van der Waals surface area contributed by atoms with Crippen molar-refractivity contribution >= 4 is 86.3 Å². The summed E-state index contributed by atoms with van der Waals surface area (Å²) in [6.45, 7) is 13.8. The van der Waals surface area contributed by atoms with Gasteiger partial charge in [-0.05, 0) is 63.4 Å². The molecule has 2 aromatic carbocycles. The number of nitrogens with one attached hydrogen (secondary N) is 5. The number of carbonyl (C=O) groups is 1. The normalized spacial score (nSPS) is 11.6. The van der Waals surface area contributed by atoms with Crippen molar-refractivity contribution in [3.05, 3.63) is 89.3 Å². The first-order chi connectivity index (χ1) is 45.8. The molecule has 6 aromatic heterocycles. The molecule has 0 bridgehead atoms. The number of halogens is 4. The Balaban J connectivity index is 0.000000356. The van der Waals surface area contributed by atoms with Gasteiger partial charge in [-0.25, -0.2) is 29.9 Å². The number of nitrogens with zero attached hydrogens (tertiary/aromatic N) is 9. The number of hydrogen-bond donors (Lipinski definition) is 9. The number of anilines is 6. The number of pyridine rings is 3. The van der Waals surface area contributed by atoms with Crippen LogP contribution in [0.3, 0.4) is 0 Å². The fraction of sp³-hybridized carbons (Fsp3) is 0.477. The van der Waals surface area contributed by atoms with Crippen molar-refractivity contribution in [2.75, 3.05) is 100 Å². The summed E-state index contributed by atoms with van der Waals surface area (Å²) in [4.78, 5) is 48.9. The van der Waals surface area contributed by atoms with E-state index >= 15 is 0 Å². The summed E-state index contributed by atoms with van der Waals surface area (Å²) in [6, 6.07) is 16.3. The summed E-state index contributed by atoms with van der Waals surface area (Å²) >= 11 is 6.13. The number of alkyl halides is 3. The predicted octanol–water partition coefficient (Wildman–Crippen LogP) is 7.37. The Kier molecular flexibility index (Phi) is 38.4.